The van der Waals surface area contributed by atoms with E-state index in [2.05, 4.69) is 5.32 Å². The highest BCUT2D eigenvalue weighted by Crippen LogP contribution is 2.32. The lowest BCUT2D eigenvalue weighted by molar-refractivity contribution is -0.118. The number of fused-ring (bicyclic) bond motifs is 2. The van der Waals surface area contributed by atoms with Crippen molar-refractivity contribution in [2.24, 2.45) is 0 Å². The first-order valence-corrected chi connectivity index (χ1v) is 8.59. The summed E-state index contributed by atoms with van der Waals surface area (Å²) >= 11 is 0. The Labute approximate surface area is 151 Å². The SMILES string of the molecule is O=C(COc1ccc2ccccc2c1)Nc1ccc2c(c1)OCCCO2. The molecule has 26 heavy (non-hydrogen) atoms. The molecule has 0 saturated heterocycles. The number of anilines is 1. The molecule has 3 aromatic rings. The van der Waals surface area contributed by atoms with Crippen molar-refractivity contribution in [3.63, 3.8) is 0 Å². The minimum absolute atomic E-state index is 0.0627. The lowest BCUT2D eigenvalue weighted by atomic mass is 10.1. The normalized spacial score (nSPS) is 13.1. The van der Waals surface area contributed by atoms with E-state index in [1.54, 1.807) is 18.2 Å². The van der Waals surface area contributed by atoms with E-state index in [9.17, 15) is 4.79 Å². The predicted molar refractivity (Wildman–Crippen MR) is 100 cm³/mol. The molecule has 0 bridgehead atoms. The summed E-state index contributed by atoms with van der Waals surface area (Å²) in [5.74, 6) is 1.79. The molecule has 5 nitrogen and oxygen atoms in total. The van der Waals surface area contributed by atoms with Gasteiger partial charge in [0, 0.05) is 18.2 Å². The van der Waals surface area contributed by atoms with Crippen LogP contribution in [0.3, 0.4) is 0 Å². The molecule has 0 aliphatic carbocycles. The highest BCUT2D eigenvalue weighted by Gasteiger charge is 2.12. The zero-order valence-electron chi connectivity index (χ0n) is 14.2. The minimum atomic E-state index is -0.229. The van der Waals surface area contributed by atoms with E-state index in [1.807, 2.05) is 42.5 Å². The maximum absolute atomic E-state index is 12.2. The molecule has 0 saturated carbocycles. The molecule has 0 radical (unpaired) electrons. The van der Waals surface area contributed by atoms with Crippen LogP contribution < -0.4 is 19.5 Å². The Morgan fingerprint density at radius 2 is 1.73 bits per heavy atom. The second-order valence-electron chi connectivity index (χ2n) is 6.06. The maximum atomic E-state index is 12.2. The Bertz CT molecular complexity index is 938. The highest BCUT2D eigenvalue weighted by atomic mass is 16.5. The van der Waals surface area contributed by atoms with Crippen molar-refractivity contribution in [2.45, 2.75) is 6.42 Å². The highest BCUT2D eigenvalue weighted by molar-refractivity contribution is 5.92. The lowest BCUT2D eigenvalue weighted by Crippen LogP contribution is -2.20. The monoisotopic (exact) mass is 349 g/mol. The molecule has 1 heterocycles. The molecular weight excluding hydrogens is 330 g/mol. The van der Waals surface area contributed by atoms with E-state index in [0.29, 0.717) is 36.1 Å². The summed E-state index contributed by atoms with van der Waals surface area (Å²) in [7, 11) is 0. The number of nitrogens with one attached hydrogen (secondary N) is 1. The van der Waals surface area contributed by atoms with Crippen molar-refractivity contribution in [3.8, 4) is 17.2 Å². The van der Waals surface area contributed by atoms with Crippen LogP contribution in [0.5, 0.6) is 17.2 Å². The zero-order valence-corrected chi connectivity index (χ0v) is 14.2. The van der Waals surface area contributed by atoms with Crippen molar-refractivity contribution in [3.05, 3.63) is 60.7 Å². The molecule has 3 aromatic carbocycles. The third kappa shape index (κ3) is 3.72. The number of hydrogen-bond donors (Lipinski definition) is 1. The Morgan fingerprint density at radius 3 is 2.62 bits per heavy atom. The van der Waals surface area contributed by atoms with Crippen molar-refractivity contribution in [2.75, 3.05) is 25.1 Å². The Kier molecular flexibility index (Phi) is 4.60. The van der Waals surface area contributed by atoms with Gasteiger partial charge in [0.2, 0.25) is 0 Å². The Balaban J connectivity index is 1.38. The van der Waals surface area contributed by atoms with Gasteiger partial charge < -0.3 is 19.5 Å². The summed E-state index contributed by atoms with van der Waals surface area (Å²) in [5, 5.41) is 5.03. The fourth-order valence-electron chi connectivity index (χ4n) is 2.84. The lowest BCUT2D eigenvalue weighted by Gasteiger charge is -2.11. The Hall–Kier alpha value is -3.21. The van der Waals surface area contributed by atoms with Crippen LogP contribution in [0.4, 0.5) is 5.69 Å². The van der Waals surface area contributed by atoms with Crippen LogP contribution in [0.25, 0.3) is 10.8 Å². The van der Waals surface area contributed by atoms with E-state index in [1.165, 1.54) is 0 Å². The molecule has 0 fully saturated rings. The fraction of sp³-hybridized carbons (Fsp3) is 0.190. The molecule has 0 spiro atoms. The first kappa shape index (κ1) is 16.3. The van der Waals surface area contributed by atoms with Crippen LogP contribution in [0, 0.1) is 0 Å². The second kappa shape index (κ2) is 7.35. The van der Waals surface area contributed by atoms with Gasteiger partial charge in [0.05, 0.1) is 13.2 Å². The molecule has 0 unspecified atom stereocenters. The number of carbonyl (C=O) groups excluding carboxylic acids is 1. The van der Waals surface area contributed by atoms with Crippen LogP contribution in [-0.2, 0) is 4.79 Å². The Morgan fingerprint density at radius 1 is 0.923 bits per heavy atom. The molecule has 132 valence electrons. The number of rotatable bonds is 4. The first-order valence-electron chi connectivity index (χ1n) is 8.59. The van der Waals surface area contributed by atoms with Gasteiger partial charge in [0.15, 0.2) is 18.1 Å². The number of amides is 1. The summed E-state index contributed by atoms with van der Waals surface area (Å²) in [6.07, 6.45) is 0.843. The van der Waals surface area contributed by atoms with Gasteiger partial charge in [0.1, 0.15) is 5.75 Å². The fourth-order valence-corrected chi connectivity index (χ4v) is 2.84. The first-order chi connectivity index (χ1) is 12.8. The topological polar surface area (TPSA) is 56.8 Å². The largest absolute Gasteiger partial charge is 0.490 e. The number of hydrogen-bond acceptors (Lipinski definition) is 4. The van der Waals surface area contributed by atoms with Crippen molar-refractivity contribution in [1.29, 1.82) is 0 Å². The molecule has 0 atom stereocenters. The van der Waals surface area contributed by atoms with Gasteiger partial charge in [-0.15, -0.1) is 0 Å². The van der Waals surface area contributed by atoms with Crippen molar-refractivity contribution >= 4 is 22.4 Å². The molecule has 1 aliphatic rings. The summed E-state index contributed by atoms with van der Waals surface area (Å²) in [4.78, 5) is 12.2. The van der Waals surface area contributed by atoms with Gasteiger partial charge >= 0.3 is 0 Å². The molecule has 1 N–H and O–H groups in total. The van der Waals surface area contributed by atoms with Crippen LogP contribution in [0.1, 0.15) is 6.42 Å². The average molecular weight is 349 g/mol. The van der Waals surface area contributed by atoms with Gasteiger partial charge in [-0.2, -0.15) is 0 Å². The smallest absolute Gasteiger partial charge is 0.262 e. The second-order valence-corrected chi connectivity index (χ2v) is 6.06. The summed E-state index contributed by atoms with van der Waals surface area (Å²) in [6.45, 7) is 1.18. The van der Waals surface area contributed by atoms with Crippen LogP contribution in [0.15, 0.2) is 60.7 Å². The molecule has 1 amide bonds. The summed E-state index contributed by atoms with van der Waals surface area (Å²) in [5.41, 5.74) is 0.654. The molecule has 0 aromatic heterocycles. The third-order valence-electron chi connectivity index (χ3n) is 4.12. The average Bonchev–Trinajstić information content (AvgIpc) is 2.91. The van der Waals surface area contributed by atoms with E-state index in [-0.39, 0.29) is 12.5 Å². The van der Waals surface area contributed by atoms with E-state index >= 15 is 0 Å². The quantitative estimate of drug-likeness (QED) is 0.773. The minimum Gasteiger partial charge on any atom is -0.490 e. The third-order valence-corrected chi connectivity index (χ3v) is 4.12. The van der Waals surface area contributed by atoms with Gasteiger partial charge in [-0.05, 0) is 35.0 Å². The van der Waals surface area contributed by atoms with Gasteiger partial charge in [0.25, 0.3) is 5.91 Å². The van der Waals surface area contributed by atoms with E-state index in [0.717, 1.165) is 17.2 Å². The van der Waals surface area contributed by atoms with Crippen LogP contribution in [-0.4, -0.2) is 25.7 Å². The van der Waals surface area contributed by atoms with Crippen LogP contribution >= 0.6 is 0 Å². The molecule has 4 rings (SSSR count). The van der Waals surface area contributed by atoms with Gasteiger partial charge in [-0.3, -0.25) is 4.79 Å². The number of ether oxygens (including phenoxy) is 3. The molecular formula is C21H19NO4. The predicted octanol–water partition coefficient (Wildman–Crippen LogP) is 4.02. The van der Waals surface area contributed by atoms with Crippen LogP contribution in [0.2, 0.25) is 0 Å². The van der Waals surface area contributed by atoms with Gasteiger partial charge in [-0.1, -0.05) is 30.3 Å². The number of benzene rings is 3. The van der Waals surface area contributed by atoms with Crippen molar-refractivity contribution in [1.82, 2.24) is 0 Å². The molecule has 1 aliphatic heterocycles. The summed E-state index contributed by atoms with van der Waals surface area (Å²) in [6, 6.07) is 19.2. The summed E-state index contributed by atoms with van der Waals surface area (Å²) < 4.78 is 16.8. The van der Waals surface area contributed by atoms with E-state index in [4.69, 9.17) is 14.2 Å². The standard InChI is InChI=1S/C21H19NO4/c23-21(14-26-18-8-6-15-4-1-2-5-16(15)12-18)22-17-7-9-19-20(13-17)25-11-3-10-24-19/h1-2,4-9,12-13H,3,10-11,14H2,(H,22,23). The number of carbonyl (C=O) groups is 1. The van der Waals surface area contributed by atoms with Crippen molar-refractivity contribution < 1.29 is 19.0 Å². The van der Waals surface area contributed by atoms with E-state index < -0.39 is 0 Å². The maximum Gasteiger partial charge on any atom is 0.262 e. The zero-order chi connectivity index (χ0) is 17.8. The molecule has 5 heteroatoms. The van der Waals surface area contributed by atoms with Gasteiger partial charge in [-0.25, -0.2) is 0 Å².